The van der Waals surface area contributed by atoms with Crippen molar-refractivity contribution in [2.75, 3.05) is 13.2 Å². The summed E-state index contributed by atoms with van der Waals surface area (Å²) in [6.07, 6.45) is 6.98. The monoisotopic (exact) mass is 226 g/mol. The lowest BCUT2D eigenvalue weighted by Crippen LogP contribution is -2.11. The summed E-state index contributed by atoms with van der Waals surface area (Å²) in [4.78, 5) is 0. The van der Waals surface area contributed by atoms with Crippen molar-refractivity contribution in [3.8, 4) is 0 Å². The quantitative estimate of drug-likeness (QED) is 0.684. The number of aromatic nitrogens is 2. The van der Waals surface area contributed by atoms with Crippen LogP contribution in [0.15, 0.2) is 12.4 Å². The summed E-state index contributed by atoms with van der Waals surface area (Å²) in [5.41, 5.74) is 1.18. The smallest absolute Gasteiger partial charge is 0.0565 e. The van der Waals surface area contributed by atoms with Crippen molar-refractivity contribution >= 4 is 0 Å². The molecule has 0 bridgehead atoms. The molecule has 1 aromatic heterocycles. The van der Waals surface area contributed by atoms with Gasteiger partial charge in [-0.15, -0.1) is 0 Å². The Kier molecular flexibility index (Phi) is 6.11. The Labute approximate surface area is 97.2 Å². The maximum absolute atomic E-state index is 9.71. The van der Waals surface area contributed by atoms with Gasteiger partial charge in [0.2, 0.25) is 0 Å². The molecule has 0 amide bonds. The number of ether oxygens (including phenoxy) is 1. The molecule has 0 aromatic carbocycles. The SMILES string of the molecule is CCCOCCC(O)CCc1cnn(C)c1. The number of aliphatic hydroxyl groups is 1. The summed E-state index contributed by atoms with van der Waals surface area (Å²) in [6.45, 7) is 3.52. The summed E-state index contributed by atoms with van der Waals surface area (Å²) in [6, 6.07) is 0. The van der Waals surface area contributed by atoms with Gasteiger partial charge in [0.25, 0.3) is 0 Å². The highest BCUT2D eigenvalue weighted by molar-refractivity contribution is 5.03. The van der Waals surface area contributed by atoms with Gasteiger partial charge in [-0.2, -0.15) is 5.10 Å². The van der Waals surface area contributed by atoms with E-state index in [1.807, 2.05) is 19.4 Å². The predicted octanol–water partition coefficient (Wildman–Crippen LogP) is 1.53. The number of aryl methyl sites for hydroxylation is 2. The van der Waals surface area contributed by atoms with E-state index in [-0.39, 0.29) is 6.10 Å². The maximum atomic E-state index is 9.71. The molecule has 16 heavy (non-hydrogen) atoms. The van der Waals surface area contributed by atoms with Crippen molar-refractivity contribution in [2.24, 2.45) is 7.05 Å². The molecule has 1 atom stereocenters. The highest BCUT2D eigenvalue weighted by Gasteiger charge is 2.05. The van der Waals surface area contributed by atoms with Crippen molar-refractivity contribution in [1.29, 1.82) is 0 Å². The zero-order valence-corrected chi connectivity index (χ0v) is 10.2. The molecule has 1 rings (SSSR count). The van der Waals surface area contributed by atoms with Gasteiger partial charge in [-0.3, -0.25) is 4.68 Å². The minimum absolute atomic E-state index is 0.267. The van der Waals surface area contributed by atoms with Gasteiger partial charge in [0.1, 0.15) is 0 Å². The van der Waals surface area contributed by atoms with E-state index in [2.05, 4.69) is 12.0 Å². The van der Waals surface area contributed by atoms with Gasteiger partial charge in [0, 0.05) is 26.5 Å². The third-order valence-corrected chi connectivity index (χ3v) is 2.47. The van der Waals surface area contributed by atoms with Crippen LogP contribution >= 0.6 is 0 Å². The molecule has 0 aliphatic heterocycles. The Morgan fingerprint density at radius 2 is 2.25 bits per heavy atom. The first-order valence-corrected chi connectivity index (χ1v) is 5.95. The molecular formula is C12H22N2O2. The molecule has 1 heterocycles. The number of nitrogens with zero attached hydrogens (tertiary/aromatic N) is 2. The molecule has 0 radical (unpaired) electrons. The van der Waals surface area contributed by atoms with E-state index < -0.39 is 0 Å². The Morgan fingerprint density at radius 1 is 1.44 bits per heavy atom. The van der Waals surface area contributed by atoms with Crippen LogP contribution in [0.4, 0.5) is 0 Å². The van der Waals surface area contributed by atoms with Crippen LogP contribution in [0.2, 0.25) is 0 Å². The average molecular weight is 226 g/mol. The van der Waals surface area contributed by atoms with E-state index in [4.69, 9.17) is 4.74 Å². The van der Waals surface area contributed by atoms with E-state index in [1.54, 1.807) is 4.68 Å². The second-order valence-corrected chi connectivity index (χ2v) is 4.12. The molecule has 92 valence electrons. The first kappa shape index (κ1) is 13.2. The Bertz CT molecular complexity index is 286. The van der Waals surface area contributed by atoms with Crippen LogP contribution in [0.25, 0.3) is 0 Å². The van der Waals surface area contributed by atoms with Crippen LogP contribution in [0.3, 0.4) is 0 Å². The van der Waals surface area contributed by atoms with Crippen LogP contribution in [0.5, 0.6) is 0 Å². The largest absolute Gasteiger partial charge is 0.393 e. The minimum Gasteiger partial charge on any atom is -0.393 e. The van der Waals surface area contributed by atoms with E-state index in [0.29, 0.717) is 6.61 Å². The summed E-state index contributed by atoms with van der Waals surface area (Å²) in [5, 5.41) is 13.8. The van der Waals surface area contributed by atoms with Gasteiger partial charge in [-0.1, -0.05) is 6.92 Å². The van der Waals surface area contributed by atoms with Gasteiger partial charge < -0.3 is 9.84 Å². The fraction of sp³-hybridized carbons (Fsp3) is 0.750. The van der Waals surface area contributed by atoms with Crippen LogP contribution in [0.1, 0.15) is 31.7 Å². The Balaban J connectivity index is 2.08. The normalized spacial score (nSPS) is 12.9. The summed E-state index contributed by atoms with van der Waals surface area (Å²) < 4.78 is 7.12. The Morgan fingerprint density at radius 3 is 2.88 bits per heavy atom. The predicted molar refractivity (Wildman–Crippen MR) is 63.3 cm³/mol. The van der Waals surface area contributed by atoms with E-state index >= 15 is 0 Å². The molecule has 0 spiro atoms. The minimum atomic E-state index is -0.267. The molecule has 0 aliphatic carbocycles. The van der Waals surface area contributed by atoms with Crippen molar-refractivity contribution in [2.45, 2.75) is 38.7 Å². The van der Waals surface area contributed by atoms with E-state index in [1.165, 1.54) is 5.56 Å². The molecule has 0 fully saturated rings. The lowest BCUT2D eigenvalue weighted by Gasteiger charge is -2.09. The number of rotatable bonds is 8. The maximum Gasteiger partial charge on any atom is 0.0565 e. The van der Waals surface area contributed by atoms with Crippen molar-refractivity contribution < 1.29 is 9.84 Å². The molecule has 1 N–H and O–H groups in total. The molecule has 1 aromatic rings. The Hall–Kier alpha value is -0.870. The van der Waals surface area contributed by atoms with Gasteiger partial charge in [-0.05, 0) is 31.2 Å². The first-order chi connectivity index (χ1) is 7.72. The number of aliphatic hydroxyl groups excluding tert-OH is 1. The van der Waals surface area contributed by atoms with Crippen LogP contribution in [0, 0.1) is 0 Å². The van der Waals surface area contributed by atoms with Crippen LogP contribution in [-0.2, 0) is 18.2 Å². The van der Waals surface area contributed by atoms with Crippen LogP contribution < -0.4 is 0 Å². The molecule has 0 aliphatic rings. The summed E-state index contributed by atoms with van der Waals surface area (Å²) >= 11 is 0. The van der Waals surface area contributed by atoms with E-state index in [0.717, 1.165) is 32.3 Å². The number of hydrogen-bond acceptors (Lipinski definition) is 3. The molecule has 4 nitrogen and oxygen atoms in total. The van der Waals surface area contributed by atoms with Crippen molar-refractivity contribution in [1.82, 2.24) is 9.78 Å². The second kappa shape index (κ2) is 7.41. The van der Waals surface area contributed by atoms with Gasteiger partial charge in [0.15, 0.2) is 0 Å². The van der Waals surface area contributed by atoms with E-state index in [9.17, 15) is 5.11 Å². The third kappa shape index (κ3) is 5.28. The lowest BCUT2D eigenvalue weighted by atomic mass is 10.1. The van der Waals surface area contributed by atoms with Gasteiger partial charge >= 0.3 is 0 Å². The first-order valence-electron chi connectivity index (χ1n) is 5.95. The highest BCUT2D eigenvalue weighted by Crippen LogP contribution is 2.06. The molecule has 0 saturated carbocycles. The summed E-state index contributed by atoms with van der Waals surface area (Å²) in [7, 11) is 1.90. The second-order valence-electron chi connectivity index (χ2n) is 4.12. The molecule has 0 saturated heterocycles. The highest BCUT2D eigenvalue weighted by atomic mass is 16.5. The van der Waals surface area contributed by atoms with Gasteiger partial charge in [0.05, 0.1) is 12.3 Å². The fourth-order valence-corrected chi connectivity index (χ4v) is 1.54. The number of hydrogen-bond donors (Lipinski definition) is 1. The van der Waals surface area contributed by atoms with Crippen molar-refractivity contribution in [3.05, 3.63) is 18.0 Å². The molecule has 4 heteroatoms. The fourth-order valence-electron chi connectivity index (χ4n) is 1.54. The lowest BCUT2D eigenvalue weighted by molar-refractivity contribution is 0.0786. The summed E-state index contributed by atoms with van der Waals surface area (Å²) in [5.74, 6) is 0. The molecular weight excluding hydrogens is 204 g/mol. The third-order valence-electron chi connectivity index (χ3n) is 2.47. The average Bonchev–Trinajstić information content (AvgIpc) is 2.68. The van der Waals surface area contributed by atoms with Gasteiger partial charge in [-0.25, -0.2) is 0 Å². The van der Waals surface area contributed by atoms with Crippen molar-refractivity contribution in [3.63, 3.8) is 0 Å². The molecule has 1 unspecified atom stereocenters. The topological polar surface area (TPSA) is 47.3 Å². The van der Waals surface area contributed by atoms with Crippen LogP contribution in [-0.4, -0.2) is 34.2 Å². The zero-order chi connectivity index (χ0) is 11.8. The zero-order valence-electron chi connectivity index (χ0n) is 10.2. The standard InChI is InChI=1S/C12H22N2O2/c1-3-7-16-8-6-12(15)5-4-11-9-13-14(2)10-11/h9-10,12,15H,3-8H2,1-2H3.